The smallest absolute Gasteiger partial charge is 0.232 e. The van der Waals surface area contributed by atoms with Crippen LogP contribution in [-0.4, -0.2) is 35.8 Å². The Bertz CT molecular complexity index is 761. The number of guanidine groups is 1. The van der Waals surface area contributed by atoms with Crippen molar-refractivity contribution in [2.45, 2.75) is 52.2 Å². The lowest BCUT2D eigenvalue weighted by molar-refractivity contribution is 0.199. The highest BCUT2D eigenvalue weighted by Gasteiger charge is 2.21. The SMILES string of the molecule is CCC(CNC(=NC)NCc1noc(C(C)(C)C)n1)Oc1ccccc1Cl.I. The van der Waals surface area contributed by atoms with Gasteiger partial charge in [-0.2, -0.15) is 4.98 Å². The molecule has 1 heterocycles. The molecule has 9 heteroatoms. The largest absolute Gasteiger partial charge is 0.487 e. The van der Waals surface area contributed by atoms with Gasteiger partial charge in [-0.25, -0.2) is 0 Å². The summed E-state index contributed by atoms with van der Waals surface area (Å²) in [5.74, 6) is 2.51. The van der Waals surface area contributed by atoms with Crippen LogP contribution in [0.1, 0.15) is 45.8 Å². The first kappa shape index (κ1) is 24.5. The number of hydrogen-bond donors (Lipinski definition) is 2. The van der Waals surface area contributed by atoms with Crippen LogP contribution in [0.2, 0.25) is 5.02 Å². The van der Waals surface area contributed by atoms with E-state index in [0.29, 0.717) is 41.5 Å². The standard InChI is InChI=1S/C19H28ClN5O2.HI/c1-6-13(26-15-10-8-7-9-14(15)20)11-22-18(21-5)23-12-16-24-17(27-25-16)19(2,3)4;/h7-10,13H,6,11-12H2,1-5H3,(H2,21,22,23);1H. The maximum Gasteiger partial charge on any atom is 0.232 e. The van der Waals surface area contributed by atoms with Crippen LogP contribution in [0.25, 0.3) is 0 Å². The van der Waals surface area contributed by atoms with E-state index in [1.807, 2.05) is 45.0 Å². The number of nitrogens with one attached hydrogen (secondary N) is 2. The van der Waals surface area contributed by atoms with Gasteiger partial charge >= 0.3 is 0 Å². The summed E-state index contributed by atoms with van der Waals surface area (Å²) in [6, 6.07) is 7.46. The van der Waals surface area contributed by atoms with Crippen molar-refractivity contribution in [3.05, 3.63) is 41.0 Å². The van der Waals surface area contributed by atoms with Crippen molar-refractivity contribution >= 4 is 41.5 Å². The van der Waals surface area contributed by atoms with Crippen LogP contribution in [0.3, 0.4) is 0 Å². The third-order valence-electron chi connectivity index (χ3n) is 3.83. The molecular formula is C19H29ClIN5O2. The molecule has 0 aliphatic rings. The van der Waals surface area contributed by atoms with Crippen molar-refractivity contribution in [1.29, 1.82) is 0 Å². The second kappa shape index (κ2) is 11.5. The second-order valence-corrected chi connectivity index (χ2v) is 7.56. The zero-order valence-electron chi connectivity index (χ0n) is 17.0. The number of para-hydroxylation sites is 1. The molecule has 7 nitrogen and oxygen atoms in total. The number of hydrogen-bond acceptors (Lipinski definition) is 5. The third-order valence-corrected chi connectivity index (χ3v) is 4.14. The Balaban J connectivity index is 0.00000392. The molecule has 0 fully saturated rings. The molecule has 1 unspecified atom stereocenters. The Labute approximate surface area is 188 Å². The van der Waals surface area contributed by atoms with Crippen molar-refractivity contribution < 1.29 is 9.26 Å². The van der Waals surface area contributed by atoms with Crippen molar-refractivity contribution in [2.75, 3.05) is 13.6 Å². The van der Waals surface area contributed by atoms with Crippen LogP contribution < -0.4 is 15.4 Å². The van der Waals surface area contributed by atoms with E-state index in [9.17, 15) is 0 Å². The number of rotatable bonds is 7. The van der Waals surface area contributed by atoms with Gasteiger partial charge in [0.15, 0.2) is 11.8 Å². The van der Waals surface area contributed by atoms with Crippen LogP contribution >= 0.6 is 35.6 Å². The zero-order chi connectivity index (χ0) is 19.9. The maximum atomic E-state index is 6.16. The number of aliphatic imine (C=N–C) groups is 1. The first-order valence-corrected chi connectivity index (χ1v) is 9.40. The topological polar surface area (TPSA) is 84.6 Å². The van der Waals surface area contributed by atoms with Gasteiger partial charge in [0.05, 0.1) is 18.1 Å². The Morgan fingerprint density at radius 1 is 1.29 bits per heavy atom. The number of halogens is 2. The summed E-state index contributed by atoms with van der Waals surface area (Å²) in [7, 11) is 1.71. The molecule has 1 atom stereocenters. The molecule has 0 saturated carbocycles. The Morgan fingerprint density at radius 3 is 2.57 bits per heavy atom. The molecule has 2 aromatic rings. The second-order valence-electron chi connectivity index (χ2n) is 7.15. The van der Waals surface area contributed by atoms with E-state index in [-0.39, 0.29) is 35.5 Å². The zero-order valence-corrected chi connectivity index (χ0v) is 20.0. The van der Waals surface area contributed by atoms with Crippen LogP contribution in [0.15, 0.2) is 33.8 Å². The number of ether oxygens (including phenoxy) is 1. The lowest BCUT2D eigenvalue weighted by Crippen LogP contribution is -2.42. The highest BCUT2D eigenvalue weighted by atomic mass is 127. The minimum atomic E-state index is -0.171. The Kier molecular flexibility index (Phi) is 10.0. The number of nitrogens with zero attached hydrogens (tertiary/aromatic N) is 3. The van der Waals surface area contributed by atoms with Gasteiger partial charge in [0.2, 0.25) is 5.89 Å². The van der Waals surface area contributed by atoms with Gasteiger partial charge in [-0.15, -0.1) is 24.0 Å². The summed E-state index contributed by atoms with van der Waals surface area (Å²) in [6.07, 6.45) is 0.788. The molecule has 1 aromatic heterocycles. The molecule has 2 rings (SSSR count). The first-order chi connectivity index (χ1) is 12.8. The predicted molar refractivity (Wildman–Crippen MR) is 123 cm³/mol. The van der Waals surface area contributed by atoms with Crippen molar-refractivity contribution in [2.24, 2.45) is 4.99 Å². The quantitative estimate of drug-likeness (QED) is 0.323. The Hall–Kier alpha value is -1.55. The van der Waals surface area contributed by atoms with E-state index in [4.69, 9.17) is 20.9 Å². The molecule has 1 aromatic carbocycles. The first-order valence-electron chi connectivity index (χ1n) is 9.02. The van der Waals surface area contributed by atoms with Crippen molar-refractivity contribution in [1.82, 2.24) is 20.8 Å². The van der Waals surface area contributed by atoms with Gasteiger partial charge in [0.1, 0.15) is 11.9 Å². The van der Waals surface area contributed by atoms with E-state index < -0.39 is 0 Å². The lowest BCUT2D eigenvalue weighted by Gasteiger charge is -2.20. The van der Waals surface area contributed by atoms with E-state index in [2.05, 4.69) is 32.7 Å². The molecule has 0 saturated heterocycles. The van der Waals surface area contributed by atoms with Crippen LogP contribution in [0.5, 0.6) is 5.75 Å². The molecule has 0 spiro atoms. The van der Waals surface area contributed by atoms with E-state index in [1.54, 1.807) is 7.05 Å². The summed E-state index contributed by atoms with van der Waals surface area (Å²) >= 11 is 6.16. The molecule has 28 heavy (non-hydrogen) atoms. The van der Waals surface area contributed by atoms with Crippen molar-refractivity contribution in [3.63, 3.8) is 0 Å². The molecule has 0 radical (unpaired) electrons. The van der Waals surface area contributed by atoms with Crippen LogP contribution in [0, 0.1) is 0 Å². The highest BCUT2D eigenvalue weighted by molar-refractivity contribution is 14.0. The molecule has 0 aliphatic carbocycles. The lowest BCUT2D eigenvalue weighted by atomic mass is 9.97. The number of benzene rings is 1. The normalized spacial score (nSPS) is 12.9. The predicted octanol–water partition coefficient (Wildman–Crippen LogP) is 4.16. The van der Waals surface area contributed by atoms with Crippen molar-refractivity contribution in [3.8, 4) is 5.75 Å². The summed E-state index contributed by atoms with van der Waals surface area (Å²) in [6.45, 7) is 9.15. The minimum absolute atomic E-state index is 0. The molecular weight excluding hydrogens is 493 g/mol. The molecule has 2 N–H and O–H groups in total. The van der Waals surface area contributed by atoms with Gasteiger partial charge in [-0.1, -0.05) is 56.6 Å². The molecule has 156 valence electrons. The minimum Gasteiger partial charge on any atom is -0.487 e. The fourth-order valence-electron chi connectivity index (χ4n) is 2.21. The average Bonchev–Trinajstić information content (AvgIpc) is 3.11. The fraction of sp³-hybridized carbons (Fsp3) is 0.526. The van der Waals surface area contributed by atoms with Gasteiger partial charge in [0, 0.05) is 12.5 Å². The Morgan fingerprint density at radius 2 is 2.00 bits per heavy atom. The average molecular weight is 522 g/mol. The van der Waals surface area contributed by atoms with Gasteiger partial charge in [-0.3, -0.25) is 4.99 Å². The molecule has 0 bridgehead atoms. The van der Waals surface area contributed by atoms with E-state index in [1.165, 1.54) is 0 Å². The summed E-state index contributed by atoms with van der Waals surface area (Å²) in [4.78, 5) is 8.62. The number of aromatic nitrogens is 2. The van der Waals surface area contributed by atoms with Gasteiger partial charge in [0.25, 0.3) is 0 Å². The van der Waals surface area contributed by atoms with E-state index >= 15 is 0 Å². The molecule has 0 aliphatic heterocycles. The monoisotopic (exact) mass is 521 g/mol. The maximum absolute atomic E-state index is 6.16. The highest BCUT2D eigenvalue weighted by Crippen LogP contribution is 2.24. The fourth-order valence-corrected chi connectivity index (χ4v) is 2.39. The summed E-state index contributed by atoms with van der Waals surface area (Å²) < 4.78 is 11.3. The van der Waals surface area contributed by atoms with Gasteiger partial charge < -0.3 is 19.9 Å². The summed E-state index contributed by atoms with van der Waals surface area (Å²) in [5.41, 5.74) is -0.171. The molecule has 0 amide bonds. The van der Waals surface area contributed by atoms with Gasteiger partial charge in [-0.05, 0) is 18.6 Å². The van der Waals surface area contributed by atoms with Crippen LogP contribution in [0.4, 0.5) is 0 Å². The summed E-state index contributed by atoms with van der Waals surface area (Å²) in [5, 5.41) is 11.0. The third kappa shape index (κ3) is 7.46. The van der Waals surface area contributed by atoms with Crippen LogP contribution in [-0.2, 0) is 12.0 Å². The van der Waals surface area contributed by atoms with E-state index in [0.717, 1.165) is 6.42 Å².